The molecule has 1 aromatic carbocycles. The Morgan fingerprint density at radius 1 is 1.24 bits per heavy atom. The fourth-order valence-corrected chi connectivity index (χ4v) is 2.01. The molecule has 0 heterocycles. The first-order valence-electron chi connectivity index (χ1n) is 7.40. The largest absolute Gasteiger partial charge is 0.379 e. The highest BCUT2D eigenvalue weighted by molar-refractivity contribution is 5.95. The van der Waals surface area contributed by atoms with Crippen molar-refractivity contribution in [3.63, 3.8) is 0 Å². The predicted octanol–water partition coefficient (Wildman–Crippen LogP) is 3.34. The van der Waals surface area contributed by atoms with Gasteiger partial charge in [0.15, 0.2) is 0 Å². The highest BCUT2D eigenvalue weighted by atomic mass is 16.6. The zero-order chi connectivity index (χ0) is 15.7. The van der Waals surface area contributed by atoms with Crippen molar-refractivity contribution >= 4 is 17.3 Å². The Balaban J connectivity index is 2.75. The van der Waals surface area contributed by atoms with Crippen molar-refractivity contribution in [3.8, 4) is 0 Å². The number of hydrogen-bond donors (Lipinski definition) is 2. The third-order valence-corrected chi connectivity index (χ3v) is 3.14. The van der Waals surface area contributed by atoms with Gasteiger partial charge in [-0.25, -0.2) is 0 Å². The second kappa shape index (κ2) is 8.94. The second-order valence-electron chi connectivity index (χ2n) is 4.84. The molecule has 6 nitrogen and oxygen atoms in total. The van der Waals surface area contributed by atoms with E-state index in [1.54, 1.807) is 19.1 Å². The quantitative estimate of drug-likeness (QED) is 0.415. The Kier molecular flexibility index (Phi) is 7.21. The Bertz CT molecular complexity index is 489. The van der Waals surface area contributed by atoms with Gasteiger partial charge in [0.1, 0.15) is 5.69 Å². The van der Waals surface area contributed by atoms with Crippen LogP contribution in [0.2, 0.25) is 0 Å². The molecule has 21 heavy (non-hydrogen) atoms. The van der Waals surface area contributed by atoms with E-state index < -0.39 is 4.92 Å². The average molecular weight is 293 g/mol. The number of nitro groups is 1. The molecule has 0 saturated carbocycles. The van der Waals surface area contributed by atoms with E-state index in [0.717, 1.165) is 19.3 Å². The van der Waals surface area contributed by atoms with Crippen LogP contribution in [0.3, 0.4) is 0 Å². The van der Waals surface area contributed by atoms with Crippen LogP contribution in [0.25, 0.3) is 0 Å². The maximum atomic E-state index is 11.7. The number of anilines is 1. The summed E-state index contributed by atoms with van der Waals surface area (Å²) >= 11 is 0. The minimum atomic E-state index is -0.461. The van der Waals surface area contributed by atoms with Crippen molar-refractivity contribution in [1.82, 2.24) is 5.32 Å². The first-order valence-corrected chi connectivity index (χ1v) is 7.40. The van der Waals surface area contributed by atoms with E-state index in [1.807, 2.05) is 0 Å². The molecule has 2 N–H and O–H groups in total. The minimum Gasteiger partial charge on any atom is -0.379 e. The number of carbonyl (C=O) groups excluding carboxylic acids is 1. The van der Waals surface area contributed by atoms with Crippen LogP contribution in [0, 0.1) is 10.1 Å². The van der Waals surface area contributed by atoms with Gasteiger partial charge in [0.2, 0.25) is 0 Å². The zero-order valence-corrected chi connectivity index (χ0v) is 12.6. The smallest absolute Gasteiger partial charge is 0.293 e. The molecule has 0 saturated heterocycles. The lowest BCUT2D eigenvalue weighted by molar-refractivity contribution is -0.384. The summed E-state index contributed by atoms with van der Waals surface area (Å²) in [6, 6.07) is 4.52. The first kappa shape index (κ1) is 16.9. The van der Waals surface area contributed by atoms with Crippen LogP contribution in [0.4, 0.5) is 11.4 Å². The van der Waals surface area contributed by atoms with Crippen LogP contribution in [0.15, 0.2) is 18.2 Å². The van der Waals surface area contributed by atoms with E-state index in [0.29, 0.717) is 24.3 Å². The third kappa shape index (κ3) is 5.41. The highest BCUT2D eigenvalue weighted by Crippen LogP contribution is 2.25. The van der Waals surface area contributed by atoms with Gasteiger partial charge in [-0.05, 0) is 25.5 Å². The van der Waals surface area contributed by atoms with Crippen molar-refractivity contribution in [2.45, 2.75) is 39.5 Å². The predicted molar refractivity (Wildman–Crippen MR) is 83.7 cm³/mol. The number of amides is 1. The Morgan fingerprint density at radius 2 is 2.00 bits per heavy atom. The first-order chi connectivity index (χ1) is 10.1. The van der Waals surface area contributed by atoms with Crippen LogP contribution >= 0.6 is 0 Å². The van der Waals surface area contributed by atoms with E-state index in [2.05, 4.69) is 17.6 Å². The molecule has 6 heteroatoms. The number of nitro benzene ring substituents is 1. The van der Waals surface area contributed by atoms with Crippen molar-refractivity contribution in [2.24, 2.45) is 0 Å². The number of nitrogens with one attached hydrogen (secondary N) is 2. The highest BCUT2D eigenvalue weighted by Gasteiger charge is 2.16. The number of unbranched alkanes of at least 4 members (excludes halogenated alkanes) is 3. The van der Waals surface area contributed by atoms with Crippen LogP contribution in [0.1, 0.15) is 49.9 Å². The fourth-order valence-electron chi connectivity index (χ4n) is 2.01. The summed E-state index contributed by atoms with van der Waals surface area (Å²) in [6.07, 6.45) is 4.40. The van der Waals surface area contributed by atoms with E-state index in [4.69, 9.17) is 0 Å². The van der Waals surface area contributed by atoms with Gasteiger partial charge < -0.3 is 10.6 Å². The molecule has 0 unspecified atom stereocenters. The van der Waals surface area contributed by atoms with E-state index in [1.165, 1.54) is 12.5 Å². The van der Waals surface area contributed by atoms with Gasteiger partial charge >= 0.3 is 0 Å². The van der Waals surface area contributed by atoms with Crippen LogP contribution in [0.5, 0.6) is 0 Å². The van der Waals surface area contributed by atoms with Gasteiger partial charge in [-0.15, -0.1) is 0 Å². The number of carbonyl (C=O) groups is 1. The SMILES string of the molecule is CCCCCCNc1ccc(C(=O)NCC)cc1[N+](=O)[O-]. The molecule has 1 amide bonds. The van der Waals surface area contributed by atoms with Crippen molar-refractivity contribution in [3.05, 3.63) is 33.9 Å². The summed E-state index contributed by atoms with van der Waals surface area (Å²) in [5, 5.41) is 16.8. The van der Waals surface area contributed by atoms with E-state index in [9.17, 15) is 14.9 Å². The molecule has 0 spiro atoms. The second-order valence-corrected chi connectivity index (χ2v) is 4.84. The average Bonchev–Trinajstić information content (AvgIpc) is 2.47. The summed E-state index contributed by atoms with van der Waals surface area (Å²) in [4.78, 5) is 22.4. The summed E-state index contributed by atoms with van der Waals surface area (Å²) in [7, 11) is 0. The molecule has 1 aromatic rings. The van der Waals surface area contributed by atoms with Crippen molar-refractivity contribution < 1.29 is 9.72 Å². The van der Waals surface area contributed by atoms with E-state index >= 15 is 0 Å². The lowest BCUT2D eigenvalue weighted by Crippen LogP contribution is -2.22. The van der Waals surface area contributed by atoms with Gasteiger partial charge in [0.25, 0.3) is 11.6 Å². The lowest BCUT2D eigenvalue weighted by Gasteiger charge is -2.08. The van der Waals surface area contributed by atoms with Crippen molar-refractivity contribution in [1.29, 1.82) is 0 Å². The molecular weight excluding hydrogens is 270 g/mol. The molecule has 0 bridgehead atoms. The molecule has 0 aliphatic heterocycles. The molecule has 0 fully saturated rings. The fraction of sp³-hybridized carbons (Fsp3) is 0.533. The lowest BCUT2D eigenvalue weighted by atomic mass is 10.1. The van der Waals surface area contributed by atoms with Gasteiger partial charge in [-0.3, -0.25) is 14.9 Å². The number of hydrogen-bond acceptors (Lipinski definition) is 4. The van der Waals surface area contributed by atoms with Crippen LogP contribution in [-0.4, -0.2) is 23.9 Å². The normalized spacial score (nSPS) is 10.2. The molecule has 0 radical (unpaired) electrons. The van der Waals surface area contributed by atoms with Gasteiger partial charge in [0, 0.05) is 24.7 Å². The molecule has 0 aliphatic rings. The molecule has 1 rings (SSSR count). The van der Waals surface area contributed by atoms with Crippen LogP contribution < -0.4 is 10.6 Å². The summed E-state index contributed by atoms with van der Waals surface area (Å²) < 4.78 is 0. The molecule has 0 atom stereocenters. The Labute approximate surface area is 125 Å². The summed E-state index contributed by atoms with van der Waals surface area (Å²) in [5.74, 6) is -0.296. The number of rotatable bonds is 9. The Hall–Kier alpha value is -2.11. The standard InChI is InChI=1S/C15H23N3O3/c1-3-5-6-7-10-17-13-9-8-12(15(19)16-4-2)11-14(13)18(20)21/h8-9,11,17H,3-7,10H2,1-2H3,(H,16,19). The molecule has 0 aliphatic carbocycles. The van der Waals surface area contributed by atoms with E-state index in [-0.39, 0.29) is 11.6 Å². The zero-order valence-electron chi connectivity index (χ0n) is 12.6. The maximum absolute atomic E-state index is 11.7. The van der Waals surface area contributed by atoms with Gasteiger partial charge in [-0.1, -0.05) is 26.2 Å². The molecular formula is C15H23N3O3. The number of nitrogens with zero attached hydrogens (tertiary/aromatic N) is 1. The Morgan fingerprint density at radius 3 is 2.62 bits per heavy atom. The maximum Gasteiger partial charge on any atom is 0.293 e. The van der Waals surface area contributed by atoms with Gasteiger partial charge in [-0.2, -0.15) is 0 Å². The summed E-state index contributed by atoms with van der Waals surface area (Å²) in [5.41, 5.74) is 0.707. The van der Waals surface area contributed by atoms with Crippen LogP contribution in [-0.2, 0) is 0 Å². The molecule has 116 valence electrons. The monoisotopic (exact) mass is 293 g/mol. The minimum absolute atomic E-state index is 0.0609. The van der Waals surface area contributed by atoms with Crippen molar-refractivity contribution in [2.75, 3.05) is 18.4 Å². The molecule has 0 aromatic heterocycles. The number of benzene rings is 1. The topological polar surface area (TPSA) is 84.3 Å². The third-order valence-electron chi connectivity index (χ3n) is 3.14. The summed E-state index contributed by atoms with van der Waals surface area (Å²) in [6.45, 7) is 5.13. The van der Waals surface area contributed by atoms with Gasteiger partial charge in [0.05, 0.1) is 4.92 Å².